The maximum absolute atomic E-state index is 13.7. The number of rotatable bonds is 2. The van der Waals surface area contributed by atoms with Crippen LogP contribution >= 0.6 is 0 Å². The molecule has 1 atom stereocenters. The van der Waals surface area contributed by atoms with Crippen LogP contribution in [0.2, 0.25) is 0 Å². The average Bonchev–Trinajstić information content (AvgIpc) is 2.83. The Morgan fingerprint density at radius 3 is 1.83 bits per heavy atom. The van der Waals surface area contributed by atoms with Crippen LogP contribution in [-0.2, 0) is 9.59 Å². The summed E-state index contributed by atoms with van der Waals surface area (Å²) in [6.07, 6.45) is 2.03. The standard InChI is InChI=1S/C30H24N2O4/c1-15-5-11-23(17(3)13-15)31-27(33)19-7-9-21-26-22(10-8-20(25(19)26)28(31)34)30(36)32(29(21)35)24-12-6-16(2)14-18(24)4/h5-9,11-14,22H,10H2,1-4H3. The highest BCUT2D eigenvalue weighted by Crippen LogP contribution is 2.47. The zero-order valence-corrected chi connectivity index (χ0v) is 20.5. The second-order valence-electron chi connectivity index (χ2n) is 9.86. The van der Waals surface area contributed by atoms with Crippen LogP contribution in [0, 0.1) is 27.7 Å². The summed E-state index contributed by atoms with van der Waals surface area (Å²) in [5, 5.41) is 0. The maximum Gasteiger partial charge on any atom is 0.265 e. The summed E-state index contributed by atoms with van der Waals surface area (Å²) in [5.74, 6) is -2.27. The number of amides is 4. The van der Waals surface area contributed by atoms with Gasteiger partial charge in [-0.1, -0.05) is 41.5 Å². The third-order valence-electron chi connectivity index (χ3n) is 7.43. The van der Waals surface area contributed by atoms with Crippen LogP contribution in [0.15, 0.2) is 54.6 Å². The molecule has 178 valence electrons. The zero-order chi connectivity index (χ0) is 25.5. The minimum atomic E-state index is -0.634. The average molecular weight is 477 g/mol. The van der Waals surface area contributed by atoms with Gasteiger partial charge >= 0.3 is 0 Å². The molecule has 0 fully saturated rings. The molecule has 36 heavy (non-hydrogen) atoms. The van der Waals surface area contributed by atoms with Gasteiger partial charge in [-0.05, 0) is 75.1 Å². The molecule has 2 heterocycles. The lowest BCUT2D eigenvalue weighted by atomic mass is 9.73. The van der Waals surface area contributed by atoms with Crippen molar-refractivity contribution in [1.82, 2.24) is 0 Å². The van der Waals surface area contributed by atoms with E-state index in [0.717, 1.165) is 22.3 Å². The number of carbonyl (C=O) groups is 4. The number of allylic oxidation sites excluding steroid dienone is 1. The Hall–Kier alpha value is -4.32. The maximum atomic E-state index is 13.7. The van der Waals surface area contributed by atoms with Gasteiger partial charge in [0, 0.05) is 22.3 Å². The Kier molecular flexibility index (Phi) is 4.67. The van der Waals surface area contributed by atoms with E-state index in [-0.39, 0.29) is 12.3 Å². The summed E-state index contributed by atoms with van der Waals surface area (Å²) >= 11 is 0. The largest absolute Gasteiger partial charge is 0.273 e. The highest BCUT2D eigenvalue weighted by molar-refractivity contribution is 6.42. The molecule has 3 aliphatic rings. The topological polar surface area (TPSA) is 74.8 Å². The molecule has 0 saturated carbocycles. The van der Waals surface area contributed by atoms with Gasteiger partial charge in [0.15, 0.2) is 0 Å². The smallest absolute Gasteiger partial charge is 0.265 e. The normalized spacial score (nSPS) is 18.4. The van der Waals surface area contributed by atoms with E-state index < -0.39 is 23.6 Å². The summed E-state index contributed by atoms with van der Waals surface area (Å²) < 4.78 is 0. The zero-order valence-electron chi connectivity index (χ0n) is 20.5. The molecular weight excluding hydrogens is 452 g/mol. The van der Waals surface area contributed by atoms with Crippen LogP contribution in [0.25, 0.3) is 5.57 Å². The van der Waals surface area contributed by atoms with Crippen LogP contribution in [0.1, 0.15) is 66.4 Å². The molecule has 1 aliphatic carbocycles. The summed E-state index contributed by atoms with van der Waals surface area (Å²) in [6, 6.07) is 14.4. The predicted octanol–water partition coefficient (Wildman–Crippen LogP) is 5.16. The van der Waals surface area contributed by atoms with E-state index in [1.165, 1.54) is 9.80 Å². The van der Waals surface area contributed by atoms with Gasteiger partial charge in [-0.2, -0.15) is 0 Å². The lowest BCUT2D eigenvalue weighted by Crippen LogP contribution is -2.49. The van der Waals surface area contributed by atoms with E-state index in [2.05, 4.69) is 0 Å². The van der Waals surface area contributed by atoms with Crippen LogP contribution < -0.4 is 9.80 Å². The molecule has 1 unspecified atom stereocenters. The van der Waals surface area contributed by atoms with Crippen molar-refractivity contribution in [2.24, 2.45) is 0 Å². The summed E-state index contributed by atoms with van der Waals surface area (Å²) in [6.45, 7) is 7.66. The van der Waals surface area contributed by atoms with E-state index in [1.807, 2.05) is 52.0 Å². The number of hydrogen-bond donors (Lipinski definition) is 0. The van der Waals surface area contributed by atoms with Crippen molar-refractivity contribution in [3.05, 3.63) is 99.1 Å². The van der Waals surface area contributed by atoms with Crippen LogP contribution in [0.4, 0.5) is 11.4 Å². The van der Waals surface area contributed by atoms with Gasteiger partial charge < -0.3 is 0 Å². The van der Waals surface area contributed by atoms with E-state index in [4.69, 9.17) is 0 Å². The summed E-state index contributed by atoms with van der Waals surface area (Å²) in [5.41, 5.74) is 6.84. The lowest BCUT2D eigenvalue weighted by molar-refractivity contribution is -0.120. The van der Waals surface area contributed by atoms with Crippen molar-refractivity contribution < 1.29 is 19.2 Å². The molecule has 6 rings (SSSR count). The fourth-order valence-electron chi connectivity index (χ4n) is 5.78. The fourth-order valence-corrected chi connectivity index (χ4v) is 5.78. The first-order valence-electron chi connectivity index (χ1n) is 12.0. The third-order valence-corrected chi connectivity index (χ3v) is 7.43. The summed E-state index contributed by atoms with van der Waals surface area (Å²) in [4.78, 5) is 57.1. The van der Waals surface area contributed by atoms with Gasteiger partial charge in [0.25, 0.3) is 17.7 Å². The Morgan fingerprint density at radius 1 is 0.667 bits per heavy atom. The quantitative estimate of drug-likeness (QED) is 0.479. The number of carbonyl (C=O) groups excluding carboxylic acids is 4. The van der Waals surface area contributed by atoms with E-state index >= 15 is 0 Å². The van der Waals surface area contributed by atoms with Crippen molar-refractivity contribution in [2.75, 3.05) is 9.80 Å². The molecule has 0 saturated heterocycles. The number of anilines is 2. The van der Waals surface area contributed by atoms with Crippen LogP contribution in [0.3, 0.4) is 0 Å². The number of hydrogen-bond acceptors (Lipinski definition) is 4. The second kappa shape index (κ2) is 7.59. The number of aryl methyl sites for hydroxylation is 4. The van der Waals surface area contributed by atoms with E-state index in [9.17, 15) is 19.2 Å². The Morgan fingerprint density at radius 2 is 1.22 bits per heavy atom. The first kappa shape index (κ1) is 22.2. The molecule has 0 aromatic heterocycles. The minimum absolute atomic E-state index is 0.285. The minimum Gasteiger partial charge on any atom is -0.273 e. The highest BCUT2D eigenvalue weighted by atomic mass is 16.2. The van der Waals surface area contributed by atoms with Gasteiger partial charge in [-0.25, -0.2) is 9.80 Å². The van der Waals surface area contributed by atoms with Gasteiger partial charge in [0.05, 0.1) is 17.3 Å². The Bertz CT molecular complexity index is 1600. The first-order valence-corrected chi connectivity index (χ1v) is 12.0. The van der Waals surface area contributed by atoms with Crippen LogP contribution in [0.5, 0.6) is 0 Å². The van der Waals surface area contributed by atoms with Crippen molar-refractivity contribution in [1.29, 1.82) is 0 Å². The van der Waals surface area contributed by atoms with Crippen molar-refractivity contribution >= 4 is 40.6 Å². The van der Waals surface area contributed by atoms with Gasteiger partial charge in [0.2, 0.25) is 5.91 Å². The molecule has 0 spiro atoms. The molecule has 6 heteroatoms. The number of benzene rings is 3. The first-order chi connectivity index (χ1) is 17.2. The molecule has 3 aromatic carbocycles. The van der Waals surface area contributed by atoms with Gasteiger partial charge in [-0.15, -0.1) is 0 Å². The molecule has 0 N–H and O–H groups in total. The molecule has 3 aromatic rings. The van der Waals surface area contributed by atoms with E-state index in [1.54, 1.807) is 30.3 Å². The molecule has 4 amide bonds. The predicted molar refractivity (Wildman–Crippen MR) is 137 cm³/mol. The second-order valence-corrected chi connectivity index (χ2v) is 9.86. The number of nitrogens with zero attached hydrogens (tertiary/aromatic N) is 2. The monoisotopic (exact) mass is 476 g/mol. The molecule has 0 bridgehead atoms. The molecule has 6 nitrogen and oxygen atoms in total. The summed E-state index contributed by atoms with van der Waals surface area (Å²) in [7, 11) is 0. The SMILES string of the molecule is Cc1ccc(N2C(=O)C3=CCC4C(=O)N(c5ccc(C)cc5C)C(=O)c5ccc(c3c54)C2=O)c(C)c1. The number of imide groups is 2. The van der Waals surface area contributed by atoms with Gasteiger partial charge in [0.1, 0.15) is 0 Å². The molecule has 2 aliphatic heterocycles. The lowest BCUT2D eigenvalue weighted by Gasteiger charge is -2.39. The van der Waals surface area contributed by atoms with Gasteiger partial charge in [-0.3, -0.25) is 19.2 Å². The Balaban J connectivity index is 1.52. The van der Waals surface area contributed by atoms with Crippen LogP contribution in [-0.4, -0.2) is 23.6 Å². The van der Waals surface area contributed by atoms with E-state index in [0.29, 0.717) is 39.2 Å². The van der Waals surface area contributed by atoms with Crippen molar-refractivity contribution in [3.63, 3.8) is 0 Å². The Labute approximate surface area is 208 Å². The molecular formula is C30H24N2O4. The fraction of sp³-hybridized carbons (Fsp3) is 0.200. The highest BCUT2D eigenvalue weighted by Gasteiger charge is 2.48. The van der Waals surface area contributed by atoms with Crippen molar-refractivity contribution in [3.8, 4) is 0 Å². The van der Waals surface area contributed by atoms with Crippen molar-refractivity contribution in [2.45, 2.75) is 40.0 Å². The third kappa shape index (κ3) is 2.90. The molecule has 0 radical (unpaired) electrons.